The van der Waals surface area contributed by atoms with Crippen LogP contribution >= 0.6 is 0 Å². The van der Waals surface area contributed by atoms with Crippen LogP contribution < -0.4 is 10.2 Å². The lowest BCUT2D eigenvalue weighted by Crippen LogP contribution is -2.23. The molecule has 1 heterocycles. The summed E-state index contributed by atoms with van der Waals surface area (Å²) in [7, 11) is 3.97. The van der Waals surface area contributed by atoms with Crippen LogP contribution in [0.1, 0.15) is 15.9 Å². The van der Waals surface area contributed by atoms with Gasteiger partial charge in [-0.2, -0.15) is 0 Å². The van der Waals surface area contributed by atoms with E-state index in [9.17, 15) is 4.79 Å². The molecule has 0 aliphatic heterocycles. The Balaban J connectivity index is 1.68. The Morgan fingerprint density at radius 3 is 2.71 bits per heavy atom. The molecule has 4 nitrogen and oxygen atoms in total. The Morgan fingerprint density at radius 2 is 1.88 bits per heavy atom. The van der Waals surface area contributed by atoms with Gasteiger partial charge in [0.15, 0.2) is 0 Å². The maximum Gasteiger partial charge on any atom is 0.254 e. The molecule has 2 N–H and O–H groups in total. The van der Waals surface area contributed by atoms with Crippen molar-refractivity contribution < 1.29 is 4.79 Å². The third kappa shape index (κ3) is 3.26. The van der Waals surface area contributed by atoms with Gasteiger partial charge < -0.3 is 15.2 Å². The van der Waals surface area contributed by atoms with Crippen LogP contribution in [0.4, 0.5) is 5.69 Å². The summed E-state index contributed by atoms with van der Waals surface area (Å²) >= 11 is 0. The van der Waals surface area contributed by atoms with Gasteiger partial charge in [0, 0.05) is 36.8 Å². The molecular weight excluding hydrogens is 298 g/mol. The van der Waals surface area contributed by atoms with Crippen LogP contribution in [-0.4, -0.2) is 31.5 Å². The topological polar surface area (TPSA) is 48.1 Å². The van der Waals surface area contributed by atoms with Crippen LogP contribution in [0.2, 0.25) is 0 Å². The Bertz CT molecular complexity index is 928. The third-order valence-electron chi connectivity index (χ3n) is 3.78. The number of anilines is 1. The summed E-state index contributed by atoms with van der Waals surface area (Å²) in [4.78, 5) is 17.4. The molecule has 0 spiro atoms. The standard InChI is InChI=1S/C20H19N3O/c1-23(2)19-12-6-3-8-15(19)9-7-13-21-20(24)17-14-22-18-11-5-4-10-16(17)18/h3-6,8,10-12,14,22H,13H2,1-2H3,(H,21,24). The summed E-state index contributed by atoms with van der Waals surface area (Å²) in [5.41, 5.74) is 3.60. The number of fused-ring (bicyclic) bond motifs is 1. The fourth-order valence-electron chi connectivity index (χ4n) is 2.59. The smallest absolute Gasteiger partial charge is 0.254 e. The Hall–Kier alpha value is -3.19. The molecule has 3 aromatic rings. The second-order valence-corrected chi connectivity index (χ2v) is 5.64. The molecule has 0 saturated heterocycles. The molecule has 0 unspecified atom stereocenters. The summed E-state index contributed by atoms with van der Waals surface area (Å²) in [6.07, 6.45) is 1.73. The number of aromatic amines is 1. The van der Waals surface area contributed by atoms with Gasteiger partial charge in [-0.15, -0.1) is 0 Å². The Kier molecular flexibility index (Phi) is 4.53. The first-order chi connectivity index (χ1) is 11.7. The molecule has 0 saturated carbocycles. The maximum atomic E-state index is 12.3. The zero-order chi connectivity index (χ0) is 16.9. The fourth-order valence-corrected chi connectivity index (χ4v) is 2.59. The minimum Gasteiger partial charge on any atom is -0.377 e. The van der Waals surface area contributed by atoms with Crippen molar-refractivity contribution in [2.75, 3.05) is 25.5 Å². The number of hydrogen-bond acceptors (Lipinski definition) is 2. The number of nitrogens with one attached hydrogen (secondary N) is 2. The molecule has 0 aliphatic rings. The molecule has 3 rings (SSSR count). The first-order valence-corrected chi connectivity index (χ1v) is 7.76. The van der Waals surface area contributed by atoms with Crippen molar-refractivity contribution in [3.8, 4) is 11.8 Å². The molecule has 24 heavy (non-hydrogen) atoms. The second kappa shape index (κ2) is 6.93. The highest BCUT2D eigenvalue weighted by molar-refractivity contribution is 6.06. The molecule has 0 radical (unpaired) electrons. The molecule has 120 valence electrons. The lowest BCUT2D eigenvalue weighted by molar-refractivity contribution is 0.0960. The van der Waals surface area contributed by atoms with E-state index in [4.69, 9.17) is 0 Å². The number of rotatable bonds is 3. The fraction of sp³-hybridized carbons (Fsp3) is 0.150. The minimum atomic E-state index is -0.123. The predicted octanol–water partition coefficient (Wildman–Crippen LogP) is 3.02. The summed E-state index contributed by atoms with van der Waals surface area (Å²) in [6, 6.07) is 15.7. The van der Waals surface area contributed by atoms with Crippen LogP contribution in [0.3, 0.4) is 0 Å². The number of amides is 1. The molecule has 2 aromatic carbocycles. The normalized spacial score (nSPS) is 10.1. The minimum absolute atomic E-state index is 0.123. The van der Waals surface area contributed by atoms with Crippen LogP contribution in [0.15, 0.2) is 54.7 Å². The van der Waals surface area contributed by atoms with Crippen molar-refractivity contribution >= 4 is 22.5 Å². The third-order valence-corrected chi connectivity index (χ3v) is 3.78. The number of carbonyl (C=O) groups is 1. The van der Waals surface area contributed by atoms with Crippen molar-refractivity contribution in [1.29, 1.82) is 0 Å². The second-order valence-electron chi connectivity index (χ2n) is 5.64. The van der Waals surface area contributed by atoms with Gasteiger partial charge in [0.05, 0.1) is 17.8 Å². The van der Waals surface area contributed by atoms with E-state index >= 15 is 0 Å². The van der Waals surface area contributed by atoms with Crippen molar-refractivity contribution in [2.45, 2.75) is 0 Å². The van der Waals surface area contributed by atoms with Crippen LogP contribution in [0.25, 0.3) is 10.9 Å². The van der Waals surface area contributed by atoms with E-state index in [1.165, 1.54) is 0 Å². The van der Waals surface area contributed by atoms with E-state index in [0.29, 0.717) is 12.1 Å². The molecule has 1 amide bonds. The summed E-state index contributed by atoms with van der Waals surface area (Å²) in [6.45, 7) is 0.306. The average molecular weight is 317 g/mol. The van der Waals surface area contributed by atoms with E-state index in [1.807, 2.05) is 67.5 Å². The number of nitrogens with zero attached hydrogens (tertiary/aromatic N) is 1. The molecule has 0 atom stereocenters. The van der Waals surface area contributed by atoms with E-state index in [0.717, 1.165) is 22.2 Å². The highest BCUT2D eigenvalue weighted by atomic mass is 16.1. The van der Waals surface area contributed by atoms with E-state index in [2.05, 4.69) is 22.1 Å². The number of benzene rings is 2. The van der Waals surface area contributed by atoms with Gasteiger partial charge in [0.2, 0.25) is 0 Å². The number of para-hydroxylation sites is 2. The van der Waals surface area contributed by atoms with E-state index < -0.39 is 0 Å². The largest absolute Gasteiger partial charge is 0.377 e. The van der Waals surface area contributed by atoms with Gasteiger partial charge in [0.1, 0.15) is 0 Å². The van der Waals surface area contributed by atoms with Gasteiger partial charge in [-0.25, -0.2) is 0 Å². The van der Waals surface area contributed by atoms with Gasteiger partial charge in [-0.05, 0) is 18.2 Å². The predicted molar refractivity (Wildman–Crippen MR) is 98.3 cm³/mol. The van der Waals surface area contributed by atoms with Crippen LogP contribution in [0.5, 0.6) is 0 Å². The van der Waals surface area contributed by atoms with Crippen LogP contribution in [0, 0.1) is 11.8 Å². The molecular formula is C20H19N3O. The number of carbonyl (C=O) groups excluding carboxylic acids is 1. The first kappa shape index (κ1) is 15.7. The van der Waals surface area contributed by atoms with Crippen molar-refractivity contribution in [1.82, 2.24) is 10.3 Å². The number of hydrogen-bond donors (Lipinski definition) is 2. The molecule has 0 bridgehead atoms. The van der Waals surface area contributed by atoms with Gasteiger partial charge in [0.25, 0.3) is 5.91 Å². The monoisotopic (exact) mass is 317 g/mol. The Morgan fingerprint density at radius 1 is 1.12 bits per heavy atom. The summed E-state index contributed by atoms with van der Waals surface area (Å²) in [5, 5.41) is 3.77. The molecule has 4 heteroatoms. The maximum absolute atomic E-state index is 12.3. The van der Waals surface area contributed by atoms with Gasteiger partial charge >= 0.3 is 0 Å². The highest BCUT2D eigenvalue weighted by Crippen LogP contribution is 2.17. The van der Waals surface area contributed by atoms with Crippen molar-refractivity contribution in [3.63, 3.8) is 0 Å². The lowest BCUT2D eigenvalue weighted by Gasteiger charge is -2.13. The zero-order valence-electron chi connectivity index (χ0n) is 13.8. The van der Waals surface area contributed by atoms with Gasteiger partial charge in [-0.3, -0.25) is 4.79 Å². The SMILES string of the molecule is CN(C)c1ccccc1C#CCNC(=O)c1c[nH]c2ccccc12. The summed E-state index contributed by atoms with van der Waals surface area (Å²) in [5.74, 6) is 6.01. The van der Waals surface area contributed by atoms with Crippen LogP contribution in [-0.2, 0) is 0 Å². The van der Waals surface area contributed by atoms with Crippen molar-refractivity contribution in [2.24, 2.45) is 0 Å². The van der Waals surface area contributed by atoms with Crippen molar-refractivity contribution in [3.05, 3.63) is 65.9 Å². The zero-order valence-corrected chi connectivity index (χ0v) is 13.8. The first-order valence-electron chi connectivity index (χ1n) is 7.76. The quantitative estimate of drug-likeness (QED) is 0.730. The van der Waals surface area contributed by atoms with E-state index in [-0.39, 0.29) is 5.91 Å². The van der Waals surface area contributed by atoms with Gasteiger partial charge in [-0.1, -0.05) is 42.2 Å². The highest BCUT2D eigenvalue weighted by Gasteiger charge is 2.10. The molecule has 0 fully saturated rings. The Labute approximate surface area is 141 Å². The lowest BCUT2D eigenvalue weighted by atomic mass is 10.1. The number of aromatic nitrogens is 1. The summed E-state index contributed by atoms with van der Waals surface area (Å²) < 4.78 is 0. The molecule has 1 aromatic heterocycles. The van der Waals surface area contributed by atoms with E-state index in [1.54, 1.807) is 6.20 Å². The average Bonchev–Trinajstić information content (AvgIpc) is 3.03. The number of H-pyrrole nitrogens is 1. The molecule has 0 aliphatic carbocycles.